The number of thioether (sulfide) groups is 1. The van der Waals surface area contributed by atoms with Crippen LogP contribution in [0.5, 0.6) is 0 Å². The third-order valence-electron chi connectivity index (χ3n) is 0.995. The fourth-order valence-corrected chi connectivity index (χ4v) is 0.817. The van der Waals surface area contributed by atoms with Gasteiger partial charge in [-0.1, -0.05) is 24.3 Å². The Morgan fingerprint density at radius 2 is 2.11 bits per heavy atom. The first kappa shape index (κ1) is 8.76. The molecule has 0 bridgehead atoms. The molecule has 0 amide bonds. The molecule has 0 aliphatic carbocycles. The van der Waals surface area contributed by atoms with Gasteiger partial charge >= 0.3 is 0 Å². The predicted molar refractivity (Wildman–Crippen MR) is 45.0 cm³/mol. The molecule has 0 saturated heterocycles. The van der Waals surface area contributed by atoms with Crippen molar-refractivity contribution in [3.63, 3.8) is 0 Å². The van der Waals surface area contributed by atoms with Gasteiger partial charge < -0.3 is 0 Å². The Hall–Kier alpha value is -0.240. The zero-order chi connectivity index (χ0) is 7.28. The standard InChI is InChI=1S/C7H13NS/c1-4-6(2)5-9-7(3)8/h5,8H,4H2,1-3H3. The molecule has 0 aromatic carbocycles. The van der Waals surface area contributed by atoms with Crippen molar-refractivity contribution in [2.45, 2.75) is 27.2 Å². The second-order valence-electron chi connectivity index (χ2n) is 1.99. The van der Waals surface area contributed by atoms with Crippen LogP contribution in [-0.4, -0.2) is 5.04 Å². The van der Waals surface area contributed by atoms with Gasteiger partial charge in [0.15, 0.2) is 0 Å². The fourth-order valence-electron chi connectivity index (χ4n) is 0.272. The number of nitrogens with one attached hydrogen (secondary N) is 1. The molecule has 0 rings (SSSR count). The Morgan fingerprint density at radius 3 is 2.44 bits per heavy atom. The first-order valence-corrected chi connectivity index (χ1v) is 3.92. The number of hydrogen-bond donors (Lipinski definition) is 1. The van der Waals surface area contributed by atoms with Crippen LogP contribution in [0, 0.1) is 5.41 Å². The molecule has 1 N–H and O–H groups in total. The third-order valence-corrected chi connectivity index (χ3v) is 1.87. The number of allylic oxidation sites excluding steroid dienone is 1. The molecule has 0 aliphatic rings. The summed E-state index contributed by atoms with van der Waals surface area (Å²) in [4.78, 5) is 0. The summed E-state index contributed by atoms with van der Waals surface area (Å²) in [5, 5.41) is 9.77. The molecule has 0 fully saturated rings. The largest absolute Gasteiger partial charge is 0.298 e. The smallest absolute Gasteiger partial charge is 0.0652 e. The topological polar surface area (TPSA) is 23.9 Å². The van der Waals surface area contributed by atoms with Gasteiger partial charge in [-0.15, -0.1) is 0 Å². The third kappa shape index (κ3) is 5.63. The maximum Gasteiger partial charge on any atom is 0.0652 e. The maximum absolute atomic E-state index is 7.08. The van der Waals surface area contributed by atoms with Gasteiger partial charge in [0.2, 0.25) is 0 Å². The molecule has 0 saturated carbocycles. The van der Waals surface area contributed by atoms with Gasteiger partial charge in [-0.2, -0.15) is 0 Å². The van der Waals surface area contributed by atoms with Crippen LogP contribution >= 0.6 is 11.8 Å². The van der Waals surface area contributed by atoms with Crippen LogP contribution < -0.4 is 0 Å². The molecule has 0 heterocycles. The summed E-state index contributed by atoms with van der Waals surface area (Å²) in [6, 6.07) is 0. The molecule has 9 heavy (non-hydrogen) atoms. The van der Waals surface area contributed by atoms with Crippen LogP contribution in [0.3, 0.4) is 0 Å². The van der Waals surface area contributed by atoms with Crippen molar-refractivity contribution in [2.75, 3.05) is 0 Å². The van der Waals surface area contributed by atoms with E-state index in [1.807, 2.05) is 5.41 Å². The average Bonchev–Trinajstić information content (AvgIpc) is 1.83. The highest BCUT2D eigenvalue weighted by Gasteiger charge is 1.85. The van der Waals surface area contributed by atoms with Crippen LogP contribution in [0.4, 0.5) is 0 Å². The normalized spacial score (nSPS) is 11.7. The highest BCUT2D eigenvalue weighted by Crippen LogP contribution is 2.09. The van der Waals surface area contributed by atoms with Gasteiger partial charge in [-0.3, -0.25) is 5.41 Å². The molecule has 0 atom stereocenters. The summed E-state index contributed by atoms with van der Waals surface area (Å²) in [7, 11) is 0. The molecule has 0 aromatic rings. The van der Waals surface area contributed by atoms with Crippen LogP contribution in [-0.2, 0) is 0 Å². The molecule has 52 valence electrons. The molecular formula is C7H13NS. The molecule has 2 heteroatoms. The molecule has 1 nitrogen and oxygen atoms in total. The quantitative estimate of drug-likeness (QED) is 0.466. The second-order valence-corrected chi connectivity index (χ2v) is 3.08. The van der Waals surface area contributed by atoms with E-state index in [1.165, 1.54) is 17.3 Å². The maximum atomic E-state index is 7.08. The van der Waals surface area contributed by atoms with E-state index in [2.05, 4.69) is 13.8 Å². The van der Waals surface area contributed by atoms with E-state index in [4.69, 9.17) is 5.41 Å². The monoisotopic (exact) mass is 143 g/mol. The van der Waals surface area contributed by atoms with Gasteiger partial charge in [-0.05, 0) is 25.7 Å². The summed E-state index contributed by atoms with van der Waals surface area (Å²) in [5.41, 5.74) is 1.34. The van der Waals surface area contributed by atoms with Crippen molar-refractivity contribution in [1.29, 1.82) is 5.41 Å². The Morgan fingerprint density at radius 1 is 1.56 bits per heavy atom. The summed E-state index contributed by atoms with van der Waals surface area (Å²) in [5.74, 6) is 0. The predicted octanol–water partition coefficient (Wildman–Crippen LogP) is 3.03. The van der Waals surface area contributed by atoms with Crippen molar-refractivity contribution < 1.29 is 0 Å². The molecule has 0 aromatic heterocycles. The van der Waals surface area contributed by atoms with Crippen molar-refractivity contribution in [3.8, 4) is 0 Å². The fraction of sp³-hybridized carbons (Fsp3) is 0.571. The Kier molecular flexibility index (Phi) is 4.50. The van der Waals surface area contributed by atoms with Gasteiger partial charge in [0.25, 0.3) is 0 Å². The highest BCUT2D eigenvalue weighted by atomic mass is 32.2. The van der Waals surface area contributed by atoms with Crippen LogP contribution in [0.15, 0.2) is 11.0 Å². The van der Waals surface area contributed by atoms with E-state index in [1.54, 1.807) is 6.92 Å². The minimum absolute atomic E-state index is 0.655. The molecule has 0 unspecified atom stereocenters. The molecule has 0 aliphatic heterocycles. The minimum atomic E-state index is 0.655. The average molecular weight is 143 g/mol. The lowest BCUT2D eigenvalue weighted by atomic mass is 10.3. The minimum Gasteiger partial charge on any atom is -0.298 e. The highest BCUT2D eigenvalue weighted by molar-refractivity contribution is 8.16. The molecule has 0 spiro atoms. The zero-order valence-corrected chi connectivity index (χ0v) is 7.01. The van der Waals surface area contributed by atoms with E-state index < -0.39 is 0 Å². The van der Waals surface area contributed by atoms with E-state index in [0.29, 0.717) is 5.04 Å². The summed E-state index contributed by atoms with van der Waals surface area (Å²) in [6.07, 6.45) is 1.08. The van der Waals surface area contributed by atoms with Crippen molar-refractivity contribution in [2.24, 2.45) is 0 Å². The number of hydrogen-bond acceptors (Lipinski definition) is 2. The van der Waals surface area contributed by atoms with Gasteiger partial charge in [0.1, 0.15) is 0 Å². The van der Waals surface area contributed by atoms with Crippen molar-refractivity contribution in [1.82, 2.24) is 0 Å². The number of rotatable bonds is 2. The molecule has 0 radical (unpaired) electrons. The Bertz CT molecular complexity index is 127. The first-order valence-electron chi connectivity index (χ1n) is 3.04. The van der Waals surface area contributed by atoms with Crippen LogP contribution in [0.25, 0.3) is 0 Å². The van der Waals surface area contributed by atoms with E-state index in [-0.39, 0.29) is 0 Å². The van der Waals surface area contributed by atoms with E-state index in [9.17, 15) is 0 Å². The van der Waals surface area contributed by atoms with Gasteiger partial charge in [-0.25, -0.2) is 0 Å². The molecular weight excluding hydrogens is 130 g/mol. The summed E-state index contributed by atoms with van der Waals surface area (Å²) >= 11 is 1.49. The van der Waals surface area contributed by atoms with Crippen molar-refractivity contribution in [3.05, 3.63) is 11.0 Å². The van der Waals surface area contributed by atoms with Gasteiger partial charge in [0, 0.05) is 0 Å². The SMILES string of the molecule is CCC(C)=CSC(C)=N. The zero-order valence-electron chi connectivity index (χ0n) is 6.19. The van der Waals surface area contributed by atoms with Gasteiger partial charge in [0.05, 0.1) is 5.04 Å². The van der Waals surface area contributed by atoms with Crippen molar-refractivity contribution >= 4 is 16.8 Å². The lowest BCUT2D eigenvalue weighted by Crippen LogP contribution is -1.75. The lowest BCUT2D eigenvalue weighted by Gasteiger charge is -1.92. The van der Waals surface area contributed by atoms with Crippen LogP contribution in [0.2, 0.25) is 0 Å². The Balaban J connectivity index is 3.56. The van der Waals surface area contributed by atoms with E-state index >= 15 is 0 Å². The first-order chi connectivity index (χ1) is 4.16. The summed E-state index contributed by atoms with van der Waals surface area (Å²) < 4.78 is 0. The van der Waals surface area contributed by atoms with E-state index in [0.717, 1.165) is 6.42 Å². The summed E-state index contributed by atoms with van der Waals surface area (Å²) in [6.45, 7) is 5.99. The lowest BCUT2D eigenvalue weighted by molar-refractivity contribution is 1.11. The van der Waals surface area contributed by atoms with Crippen LogP contribution in [0.1, 0.15) is 27.2 Å². The Labute approximate surface area is 61.0 Å². The second kappa shape index (κ2) is 4.62.